The molecular formula is C21H22FN3O3S. The molecule has 3 rings (SSSR count). The summed E-state index contributed by atoms with van der Waals surface area (Å²) in [4.78, 5) is 30.1. The molecule has 0 fully saturated rings. The first kappa shape index (κ1) is 21.0. The van der Waals surface area contributed by atoms with Gasteiger partial charge in [0.05, 0.1) is 16.2 Å². The largest absolute Gasteiger partial charge is 0.385 e. The Morgan fingerprint density at radius 2 is 2.07 bits per heavy atom. The van der Waals surface area contributed by atoms with Gasteiger partial charge in [0, 0.05) is 25.9 Å². The van der Waals surface area contributed by atoms with Crippen molar-refractivity contribution >= 4 is 34.3 Å². The summed E-state index contributed by atoms with van der Waals surface area (Å²) >= 11 is 1.19. The van der Waals surface area contributed by atoms with Gasteiger partial charge in [-0.05, 0) is 43.7 Å². The van der Waals surface area contributed by atoms with Crippen molar-refractivity contribution in [2.45, 2.75) is 30.3 Å². The summed E-state index contributed by atoms with van der Waals surface area (Å²) in [5.74, 6) is -0.724. The highest BCUT2D eigenvalue weighted by atomic mass is 32.2. The maximum absolute atomic E-state index is 13.3. The minimum Gasteiger partial charge on any atom is -0.385 e. The SMILES string of the molecule is COCCCn1c(S[C@@H](C)C(=O)Nc2cccc(F)c2)nc2ccccc2c1=O. The lowest BCUT2D eigenvalue weighted by atomic mass is 10.2. The van der Waals surface area contributed by atoms with E-state index >= 15 is 0 Å². The number of nitrogens with zero attached hydrogens (tertiary/aromatic N) is 2. The summed E-state index contributed by atoms with van der Waals surface area (Å²) < 4.78 is 20.0. The average Bonchev–Trinajstić information content (AvgIpc) is 2.70. The van der Waals surface area contributed by atoms with Crippen LogP contribution in [-0.4, -0.2) is 34.4 Å². The van der Waals surface area contributed by atoms with Gasteiger partial charge in [0.1, 0.15) is 5.82 Å². The molecule has 1 aromatic heterocycles. The molecule has 0 unspecified atom stereocenters. The summed E-state index contributed by atoms with van der Waals surface area (Å²) in [5, 5.41) is 3.15. The highest BCUT2D eigenvalue weighted by Crippen LogP contribution is 2.24. The third-order valence-corrected chi connectivity index (χ3v) is 5.39. The number of halogens is 1. The minimum atomic E-state index is -0.542. The van der Waals surface area contributed by atoms with E-state index < -0.39 is 11.1 Å². The molecule has 0 spiro atoms. The first-order valence-corrected chi connectivity index (χ1v) is 10.1. The monoisotopic (exact) mass is 415 g/mol. The van der Waals surface area contributed by atoms with Crippen molar-refractivity contribution in [2.24, 2.45) is 0 Å². The number of ether oxygens (including phenoxy) is 1. The molecule has 8 heteroatoms. The number of benzene rings is 2. The van der Waals surface area contributed by atoms with Crippen LogP contribution in [0.2, 0.25) is 0 Å². The van der Waals surface area contributed by atoms with Crippen LogP contribution >= 0.6 is 11.8 Å². The number of thioether (sulfide) groups is 1. The zero-order valence-corrected chi connectivity index (χ0v) is 17.0. The Balaban J connectivity index is 1.85. The fourth-order valence-corrected chi connectivity index (χ4v) is 3.76. The molecule has 6 nitrogen and oxygen atoms in total. The number of hydrogen-bond donors (Lipinski definition) is 1. The molecule has 152 valence electrons. The van der Waals surface area contributed by atoms with Gasteiger partial charge in [-0.3, -0.25) is 14.2 Å². The Morgan fingerprint density at radius 1 is 1.28 bits per heavy atom. The second-order valence-corrected chi connectivity index (χ2v) is 7.78. The number of carbonyl (C=O) groups is 1. The first-order valence-electron chi connectivity index (χ1n) is 9.21. The van der Waals surface area contributed by atoms with E-state index in [1.807, 2.05) is 6.07 Å². The summed E-state index contributed by atoms with van der Waals surface area (Å²) in [5.41, 5.74) is 0.819. The van der Waals surface area contributed by atoms with Crippen molar-refractivity contribution < 1.29 is 13.9 Å². The lowest BCUT2D eigenvalue weighted by Crippen LogP contribution is -2.27. The molecule has 1 atom stereocenters. The van der Waals surface area contributed by atoms with Crippen molar-refractivity contribution in [1.29, 1.82) is 0 Å². The number of fused-ring (bicyclic) bond motifs is 1. The van der Waals surface area contributed by atoms with Gasteiger partial charge in [0.15, 0.2) is 5.16 Å². The van der Waals surface area contributed by atoms with E-state index in [1.54, 1.807) is 42.9 Å². The van der Waals surface area contributed by atoms with Crippen LogP contribution in [0.15, 0.2) is 58.5 Å². The number of aromatic nitrogens is 2. The zero-order valence-electron chi connectivity index (χ0n) is 16.2. The summed E-state index contributed by atoms with van der Waals surface area (Å²) in [6.45, 7) is 2.67. The van der Waals surface area contributed by atoms with Crippen LogP contribution < -0.4 is 10.9 Å². The predicted molar refractivity (Wildman–Crippen MR) is 113 cm³/mol. The maximum Gasteiger partial charge on any atom is 0.262 e. The molecule has 0 radical (unpaired) electrons. The van der Waals surface area contributed by atoms with E-state index in [0.717, 1.165) is 0 Å². The first-order chi connectivity index (χ1) is 14.0. The van der Waals surface area contributed by atoms with E-state index in [9.17, 15) is 14.0 Å². The second kappa shape index (κ2) is 9.67. The van der Waals surface area contributed by atoms with Gasteiger partial charge in [-0.2, -0.15) is 0 Å². The number of hydrogen-bond acceptors (Lipinski definition) is 5. The molecule has 0 saturated heterocycles. The standard InChI is InChI=1S/C21H22FN3O3S/c1-14(19(26)23-16-8-5-7-15(22)13-16)29-21-24-18-10-4-3-9-17(18)20(27)25(21)11-6-12-28-2/h3-5,7-10,13-14H,6,11-12H2,1-2H3,(H,23,26)/t14-/m0/s1. The quantitative estimate of drug-likeness (QED) is 0.345. The van der Waals surface area contributed by atoms with Gasteiger partial charge in [0.2, 0.25) is 5.91 Å². The van der Waals surface area contributed by atoms with Gasteiger partial charge in [-0.1, -0.05) is 30.0 Å². The van der Waals surface area contributed by atoms with E-state index in [4.69, 9.17) is 4.74 Å². The number of methoxy groups -OCH3 is 1. The van der Waals surface area contributed by atoms with E-state index in [2.05, 4.69) is 10.3 Å². The van der Waals surface area contributed by atoms with Crippen molar-refractivity contribution in [3.63, 3.8) is 0 Å². The molecule has 29 heavy (non-hydrogen) atoms. The lowest BCUT2D eigenvalue weighted by molar-refractivity contribution is -0.115. The molecule has 0 aliphatic heterocycles. The highest BCUT2D eigenvalue weighted by Gasteiger charge is 2.19. The molecule has 0 aliphatic carbocycles. The second-order valence-electron chi connectivity index (χ2n) is 6.47. The van der Waals surface area contributed by atoms with Crippen molar-refractivity contribution in [2.75, 3.05) is 19.0 Å². The van der Waals surface area contributed by atoms with Crippen LogP contribution in [0.5, 0.6) is 0 Å². The zero-order chi connectivity index (χ0) is 20.8. The van der Waals surface area contributed by atoms with Crippen molar-refractivity contribution in [3.05, 3.63) is 64.7 Å². The van der Waals surface area contributed by atoms with Crippen LogP contribution in [0.4, 0.5) is 10.1 Å². The summed E-state index contributed by atoms with van der Waals surface area (Å²) in [6.07, 6.45) is 0.647. The van der Waals surface area contributed by atoms with Gasteiger partial charge in [-0.15, -0.1) is 0 Å². The molecule has 2 aromatic carbocycles. The Morgan fingerprint density at radius 3 is 2.83 bits per heavy atom. The van der Waals surface area contributed by atoms with Gasteiger partial charge < -0.3 is 10.1 Å². The molecule has 1 N–H and O–H groups in total. The Kier molecular flexibility index (Phi) is 7.00. The van der Waals surface area contributed by atoms with Crippen LogP contribution in [0, 0.1) is 5.82 Å². The highest BCUT2D eigenvalue weighted by molar-refractivity contribution is 8.00. The molecule has 3 aromatic rings. The lowest BCUT2D eigenvalue weighted by Gasteiger charge is -2.16. The molecule has 0 bridgehead atoms. The van der Waals surface area contributed by atoms with Crippen LogP contribution in [0.25, 0.3) is 10.9 Å². The summed E-state index contributed by atoms with van der Waals surface area (Å²) in [6, 6.07) is 12.8. The maximum atomic E-state index is 13.3. The minimum absolute atomic E-state index is 0.146. The van der Waals surface area contributed by atoms with E-state index in [-0.39, 0.29) is 11.5 Å². The average molecular weight is 415 g/mol. The van der Waals surface area contributed by atoms with Gasteiger partial charge in [-0.25, -0.2) is 9.37 Å². The topological polar surface area (TPSA) is 73.2 Å². The molecule has 0 aliphatic rings. The molecule has 1 heterocycles. The number of nitrogens with one attached hydrogen (secondary N) is 1. The Hall–Kier alpha value is -2.71. The van der Waals surface area contributed by atoms with Crippen LogP contribution in [-0.2, 0) is 16.1 Å². The number of carbonyl (C=O) groups excluding carboxylic acids is 1. The van der Waals surface area contributed by atoms with E-state index in [1.165, 1.54) is 30.0 Å². The number of para-hydroxylation sites is 1. The van der Waals surface area contributed by atoms with E-state index in [0.29, 0.717) is 41.3 Å². The summed E-state index contributed by atoms with van der Waals surface area (Å²) in [7, 11) is 1.61. The number of amides is 1. The van der Waals surface area contributed by atoms with Crippen LogP contribution in [0.1, 0.15) is 13.3 Å². The van der Waals surface area contributed by atoms with Gasteiger partial charge in [0.25, 0.3) is 5.56 Å². The molecule has 0 saturated carbocycles. The fourth-order valence-electron chi connectivity index (χ4n) is 2.82. The predicted octanol–water partition coefficient (Wildman–Crippen LogP) is 3.69. The number of anilines is 1. The van der Waals surface area contributed by atoms with Crippen LogP contribution in [0.3, 0.4) is 0 Å². The number of rotatable bonds is 8. The Bertz CT molecular complexity index is 1070. The molecular weight excluding hydrogens is 393 g/mol. The Labute approximate surface area is 172 Å². The van der Waals surface area contributed by atoms with Crippen molar-refractivity contribution in [3.8, 4) is 0 Å². The van der Waals surface area contributed by atoms with Crippen molar-refractivity contribution in [1.82, 2.24) is 9.55 Å². The van der Waals surface area contributed by atoms with Gasteiger partial charge >= 0.3 is 0 Å². The fraction of sp³-hybridized carbons (Fsp3) is 0.286. The third kappa shape index (κ3) is 5.21. The normalized spacial score (nSPS) is 12.1. The smallest absolute Gasteiger partial charge is 0.262 e. The third-order valence-electron chi connectivity index (χ3n) is 4.30. The molecule has 1 amide bonds.